The number of aliphatic imine (C=N–C) groups is 2. The van der Waals surface area contributed by atoms with Crippen LogP contribution in [0.3, 0.4) is 0 Å². The Morgan fingerprint density at radius 3 is 2.70 bits per heavy atom. The lowest BCUT2D eigenvalue weighted by Crippen LogP contribution is -2.47. The van der Waals surface area contributed by atoms with Crippen molar-refractivity contribution in [1.29, 1.82) is 0 Å². The fraction of sp³-hybridized carbons (Fsp3) is 0.438. The first kappa shape index (κ1) is 16.8. The summed E-state index contributed by atoms with van der Waals surface area (Å²) < 4.78 is 0. The minimum absolute atomic E-state index is 0.0399. The first-order valence-electron chi connectivity index (χ1n) is 7.51. The van der Waals surface area contributed by atoms with Gasteiger partial charge in [-0.25, -0.2) is 4.99 Å². The number of carbonyl (C=O) groups excluding carboxylic acids is 1. The molecule has 1 aromatic carbocycles. The Morgan fingerprint density at radius 1 is 1.39 bits per heavy atom. The van der Waals surface area contributed by atoms with Crippen LogP contribution in [0.5, 0.6) is 0 Å². The smallest absolute Gasteiger partial charge is 0.274 e. The second-order valence-corrected chi connectivity index (χ2v) is 6.66. The van der Waals surface area contributed by atoms with E-state index in [1.54, 1.807) is 25.2 Å². The van der Waals surface area contributed by atoms with Crippen molar-refractivity contribution in [2.24, 2.45) is 21.1 Å². The lowest BCUT2D eigenvalue weighted by atomic mass is 9.88. The molecule has 1 unspecified atom stereocenters. The van der Waals surface area contributed by atoms with Gasteiger partial charge in [0, 0.05) is 13.1 Å². The van der Waals surface area contributed by atoms with Crippen LogP contribution in [-0.4, -0.2) is 35.9 Å². The summed E-state index contributed by atoms with van der Waals surface area (Å²) in [5.41, 5.74) is 9.93. The molecule has 0 saturated heterocycles. The first-order chi connectivity index (χ1) is 10.7. The highest BCUT2D eigenvalue weighted by Gasteiger charge is 2.22. The van der Waals surface area contributed by atoms with Crippen LogP contribution in [0.25, 0.3) is 0 Å². The first-order valence-corrected chi connectivity index (χ1v) is 7.51. The summed E-state index contributed by atoms with van der Waals surface area (Å²) in [5, 5.41) is 4.48. The molecular weight excluding hydrogens is 292 g/mol. The van der Waals surface area contributed by atoms with E-state index in [0.29, 0.717) is 11.3 Å². The minimum Gasteiger partial charge on any atom is -0.370 e. The normalized spacial score (nSPS) is 16.9. The number of hydrazine groups is 1. The Hall–Kier alpha value is -2.57. The third-order valence-corrected chi connectivity index (χ3v) is 3.82. The largest absolute Gasteiger partial charge is 0.370 e. The summed E-state index contributed by atoms with van der Waals surface area (Å²) in [6.07, 6.45) is 0. The van der Waals surface area contributed by atoms with Crippen LogP contribution in [0.4, 0.5) is 5.69 Å². The predicted molar refractivity (Wildman–Crippen MR) is 92.4 cm³/mol. The van der Waals surface area contributed by atoms with Crippen molar-refractivity contribution in [2.45, 2.75) is 33.7 Å². The van der Waals surface area contributed by atoms with Crippen LogP contribution < -0.4 is 16.5 Å². The number of nitrogens with zero attached hydrogens (tertiary/aromatic N) is 3. The van der Waals surface area contributed by atoms with Crippen LogP contribution in [-0.2, 0) is 0 Å². The van der Waals surface area contributed by atoms with E-state index >= 15 is 0 Å². The van der Waals surface area contributed by atoms with Crippen LogP contribution in [0, 0.1) is 5.41 Å². The molecule has 1 atom stereocenters. The lowest BCUT2D eigenvalue weighted by molar-refractivity contribution is 0.0761. The molecule has 2 rings (SSSR count). The zero-order valence-electron chi connectivity index (χ0n) is 14.2. The average Bonchev–Trinajstić information content (AvgIpc) is 2.56. The molecule has 7 nitrogen and oxygen atoms in total. The molecule has 0 saturated carbocycles. The van der Waals surface area contributed by atoms with Gasteiger partial charge in [0.15, 0.2) is 5.96 Å². The number of hydrogen-bond acceptors (Lipinski definition) is 4. The summed E-state index contributed by atoms with van der Waals surface area (Å²) in [6.45, 7) is 8.38. The third kappa shape index (κ3) is 4.00. The zero-order chi connectivity index (χ0) is 17.2. The van der Waals surface area contributed by atoms with Crippen LogP contribution in [0.15, 0.2) is 34.3 Å². The number of benzene rings is 1. The van der Waals surface area contributed by atoms with E-state index in [1.807, 2.05) is 13.0 Å². The fourth-order valence-corrected chi connectivity index (χ4v) is 1.91. The molecule has 0 aromatic heterocycles. The summed E-state index contributed by atoms with van der Waals surface area (Å²) in [4.78, 5) is 20.9. The maximum absolute atomic E-state index is 12.3. The number of amides is 1. The molecule has 0 fully saturated rings. The number of carbonyl (C=O) groups is 1. The average molecular weight is 316 g/mol. The van der Waals surface area contributed by atoms with Gasteiger partial charge < -0.3 is 11.1 Å². The Labute approximate surface area is 136 Å². The molecular formula is C16H24N6O. The van der Waals surface area contributed by atoms with Crippen molar-refractivity contribution in [3.05, 3.63) is 29.8 Å². The molecule has 1 heterocycles. The van der Waals surface area contributed by atoms with E-state index in [0.717, 1.165) is 0 Å². The highest BCUT2D eigenvalue weighted by atomic mass is 16.2. The number of para-hydroxylation sites is 1. The Morgan fingerprint density at radius 2 is 2.04 bits per heavy atom. The molecule has 0 radical (unpaired) electrons. The number of fused-ring (bicyclic) bond motifs is 1. The third-order valence-electron chi connectivity index (χ3n) is 3.82. The Bertz CT molecular complexity index is 659. The number of nitrogens with one attached hydrogen (secondary N) is 2. The van der Waals surface area contributed by atoms with Gasteiger partial charge in [-0.05, 0) is 24.5 Å². The van der Waals surface area contributed by atoms with Gasteiger partial charge in [0.05, 0.1) is 11.3 Å². The van der Waals surface area contributed by atoms with Crippen molar-refractivity contribution in [3.63, 3.8) is 0 Å². The summed E-state index contributed by atoms with van der Waals surface area (Å²) in [6, 6.07) is 7.26. The maximum Gasteiger partial charge on any atom is 0.274 e. The van der Waals surface area contributed by atoms with E-state index in [4.69, 9.17) is 5.73 Å². The van der Waals surface area contributed by atoms with Crippen LogP contribution in [0.2, 0.25) is 0 Å². The van der Waals surface area contributed by atoms with Gasteiger partial charge in [0.1, 0.15) is 0 Å². The number of hydrogen-bond donors (Lipinski definition) is 3. The Kier molecular flexibility index (Phi) is 4.58. The molecule has 0 aliphatic carbocycles. The molecule has 0 spiro atoms. The molecule has 1 aromatic rings. The fourth-order valence-electron chi connectivity index (χ4n) is 1.91. The van der Waals surface area contributed by atoms with Crippen molar-refractivity contribution in [2.75, 3.05) is 7.05 Å². The molecule has 1 aliphatic rings. The van der Waals surface area contributed by atoms with Gasteiger partial charge in [0.25, 0.3) is 5.91 Å². The van der Waals surface area contributed by atoms with Crippen molar-refractivity contribution in [1.82, 2.24) is 15.8 Å². The van der Waals surface area contributed by atoms with E-state index < -0.39 is 0 Å². The van der Waals surface area contributed by atoms with Crippen molar-refractivity contribution >= 4 is 23.5 Å². The molecule has 1 amide bonds. The number of nitrogens with two attached hydrogens (primary N) is 1. The van der Waals surface area contributed by atoms with E-state index in [-0.39, 0.29) is 29.3 Å². The van der Waals surface area contributed by atoms with E-state index in [1.165, 1.54) is 5.01 Å². The van der Waals surface area contributed by atoms with Crippen LogP contribution >= 0.6 is 0 Å². The maximum atomic E-state index is 12.3. The van der Waals surface area contributed by atoms with Gasteiger partial charge >= 0.3 is 0 Å². The highest BCUT2D eigenvalue weighted by molar-refractivity contribution is 6.04. The lowest BCUT2D eigenvalue weighted by Gasteiger charge is -2.28. The van der Waals surface area contributed by atoms with Crippen LogP contribution in [0.1, 0.15) is 38.1 Å². The molecule has 1 aliphatic heterocycles. The van der Waals surface area contributed by atoms with E-state index in [2.05, 4.69) is 41.5 Å². The monoisotopic (exact) mass is 316 g/mol. The second-order valence-electron chi connectivity index (χ2n) is 6.66. The summed E-state index contributed by atoms with van der Waals surface area (Å²) in [5.74, 6) is 0.333. The molecule has 0 bridgehead atoms. The van der Waals surface area contributed by atoms with Crippen molar-refractivity contribution in [3.8, 4) is 0 Å². The molecule has 4 N–H and O–H groups in total. The quantitative estimate of drug-likeness (QED) is 0.542. The topological polar surface area (TPSA) is 95.1 Å². The van der Waals surface area contributed by atoms with E-state index in [9.17, 15) is 4.79 Å². The SMILES string of the molecule is CC(NC(N)=NC1=Nc2ccccc2C(=O)N(C)N1)C(C)(C)C. The standard InChI is InChI=1S/C16H24N6O/c1-10(16(2,3)4)18-14(17)20-15-19-12-9-7-6-8-11(12)13(23)22(5)21-15/h6-10H,1-5H3,(H4,17,18,19,20,21). The molecule has 124 valence electrons. The number of rotatable bonds is 1. The van der Waals surface area contributed by atoms with Gasteiger partial charge in [-0.15, -0.1) is 0 Å². The highest BCUT2D eigenvalue weighted by Crippen LogP contribution is 2.22. The Balaban J connectivity index is 2.28. The van der Waals surface area contributed by atoms with Gasteiger partial charge in [-0.2, -0.15) is 4.99 Å². The number of guanidine groups is 2. The predicted octanol–water partition coefficient (Wildman–Crippen LogP) is 1.60. The second kappa shape index (κ2) is 6.28. The van der Waals surface area contributed by atoms with Gasteiger partial charge in [-0.3, -0.25) is 15.2 Å². The minimum atomic E-state index is -0.177. The van der Waals surface area contributed by atoms with Gasteiger partial charge in [-0.1, -0.05) is 32.9 Å². The zero-order valence-corrected chi connectivity index (χ0v) is 14.2. The molecule has 7 heteroatoms. The molecule has 23 heavy (non-hydrogen) atoms. The summed E-state index contributed by atoms with van der Waals surface area (Å²) in [7, 11) is 1.62. The summed E-state index contributed by atoms with van der Waals surface area (Å²) >= 11 is 0. The van der Waals surface area contributed by atoms with Crippen molar-refractivity contribution < 1.29 is 4.79 Å². The van der Waals surface area contributed by atoms with Gasteiger partial charge in [0.2, 0.25) is 5.96 Å².